The minimum absolute atomic E-state index is 0.0270. The fourth-order valence-corrected chi connectivity index (χ4v) is 3.45. The van der Waals surface area contributed by atoms with Gasteiger partial charge in [0.1, 0.15) is 11.6 Å². The first-order chi connectivity index (χ1) is 15.0. The maximum absolute atomic E-state index is 11.1. The van der Waals surface area contributed by atoms with Crippen molar-refractivity contribution in [2.24, 2.45) is 11.5 Å². The topological polar surface area (TPSA) is 162 Å². The summed E-state index contributed by atoms with van der Waals surface area (Å²) < 4.78 is 16.4. The number of nitrogens with one attached hydrogen (secondary N) is 1. The standard InChI is InChI=1S/C21H18N6O4/c1-29-15-8-12(2-3-14(15)30-10-16(23)28)17-13(9-22)20(24)31-21-18(17)19(26-27-21)11-4-6-25-7-5-11/h2-8,17H,10,24H2,1H3,(H2,23,28)(H,26,27)/t17-/m1/s1. The summed E-state index contributed by atoms with van der Waals surface area (Å²) >= 11 is 0. The molecule has 1 aliphatic heterocycles. The van der Waals surface area contributed by atoms with E-state index in [9.17, 15) is 10.1 Å². The van der Waals surface area contributed by atoms with Gasteiger partial charge in [0.2, 0.25) is 11.8 Å². The number of aromatic amines is 1. The van der Waals surface area contributed by atoms with Crippen LogP contribution < -0.4 is 25.7 Å². The van der Waals surface area contributed by atoms with Crippen LogP contribution in [0.25, 0.3) is 11.3 Å². The van der Waals surface area contributed by atoms with Gasteiger partial charge in [-0.05, 0) is 29.8 Å². The molecule has 31 heavy (non-hydrogen) atoms. The summed E-state index contributed by atoms with van der Waals surface area (Å²) in [6, 6.07) is 10.9. The van der Waals surface area contributed by atoms with E-state index in [2.05, 4.69) is 21.3 Å². The molecule has 4 rings (SSSR count). The van der Waals surface area contributed by atoms with Gasteiger partial charge >= 0.3 is 0 Å². The zero-order valence-corrected chi connectivity index (χ0v) is 16.5. The van der Waals surface area contributed by atoms with E-state index in [-0.39, 0.29) is 23.9 Å². The van der Waals surface area contributed by atoms with Crippen LogP contribution in [0.2, 0.25) is 0 Å². The van der Waals surface area contributed by atoms with E-state index in [1.165, 1.54) is 7.11 Å². The first-order valence-corrected chi connectivity index (χ1v) is 9.18. The molecule has 1 aliphatic rings. The normalized spacial score (nSPS) is 14.9. The van der Waals surface area contributed by atoms with Crippen LogP contribution in [0.4, 0.5) is 0 Å². The third-order valence-corrected chi connectivity index (χ3v) is 4.80. The van der Waals surface area contributed by atoms with Gasteiger partial charge in [-0.15, -0.1) is 5.10 Å². The maximum Gasteiger partial charge on any atom is 0.255 e. The minimum Gasteiger partial charge on any atom is -0.493 e. The molecule has 1 atom stereocenters. The lowest BCUT2D eigenvalue weighted by Gasteiger charge is -2.24. The Bertz CT molecular complexity index is 1210. The van der Waals surface area contributed by atoms with Crippen molar-refractivity contribution in [3.63, 3.8) is 0 Å². The third-order valence-electron chi connectivity index (χ3n) is 4.80. The number of methoxy groups -OCH3 is 1. The fraction of sp³-hybridized carbons (Fsp3) is 0.143. The van der Waals surface area contributed by atoms with Crippen molar-refractivity contribution < 1.29 is 19.0 Å². The van der Waals surface area contributed by atoms with Gasteiger partial charge in [0, 0.05) is 18.0 Å². The number of ether oxygens (including phenoxy) is 3. The number of nitrogens with two attached hydrogens (primary N) is 2. The van der Waals surface area contributed by atoms with Crippen LogP contribution in [0.5, 0.6) is 17.4 Å². The van der Waals surface area contributed by atoms with Gasteiger partial charge in [-0.3, -0.25) is 14.9 Å². The van der Waals surface area contributed by atoms with Crippen LogP contribution in [0.15, 0.2) is 54.2 Å². The van der Waals surface area contributed by atoms with Crippen LogP contribution in [0, 0.1) is 11.3 Å². The quantitative estimate of drug-likeness (QED) is 0.543. The van der Waals surface area contributed by atoms with E-state index in [0.717, 1.165) is 5.56 Å². The molecule has 0 fully saturated rings. The van der Waals surface area contributed by atoms with Crippen LogP contribution in [0.1, 0.15) is 17.0 Å². The Morgan fingerprint density at radius 1 is 1.29 bits per heavy atom. The van der Waals surface area contributed by atoms with Crippen molar-refractivity contribution in [3.8, 4) is 34.7 Å². The average molecular weight is 418 g/mol. The van der Waals surface area contributed by atoms with Gasteiger partial charge < -0.3 is 25.7 Å². The van der Waals surface area contributed by atoms with Crippen molar-refractivity contribution >= 4 is 5.91 Å². The minimum atomic E-state index is -0.608. The molecule has 0 aliphatic carbocycles. The van der Waals surface area contributed by atoms with Crippen LogP contribution in [-0.2, 0) is 4.79 Å². The van der Waals surface area contributed by atoms with Crippen molar-refractivity contribution in [2.45, 2.75) is 5.92 Å². The fourth-order valence-electron chi connectivity index (χ4n) is 3.45. The number of hydrogen-bond acceptors (Lipinski definition) is 8. The maximum atomic E-state index is 11.1. The molecular weight excluding hydrogens is 400 g/mol. The van der Waals surface area contributed by atoms with Crippen LogP contribution in [-0.4, -0.2) is 34.8 Å². The number of aromatic nitrogens is 3. The molecule has 156 valence electrons. The van der Waals surface area contributed by atoms with Crippen LogP contribution >= 0.6 is 0 Å². The molecule has 2 aromatic heterocycles. The highest BCUT2D eigenvalue weighted by Gasteiger charge is 2.36. The predicted molar refractivity (Wildman–Crippen MR) is 109 cm³/mol. The Balaban J connectivity index is 1.85. The summed E-state index contributed by atoms with van der Waals surface area (Å²) in [6.45, 7) is -0.290. The third kappa shape index (κ3) is 3.60. The number of carbonyl (C=O) groups is 1. The van der Waals surface area contributed by atoms with Gasteiger partial charge in [0.05, 0.1) is 24.3 Å². The highest BCUT2D eigenvalue weighted by atomic mass is 16.5. The summed E-state index contributed by atoms with van der Waals surface area (Å²) in [7, 11) is 1.47. The van der Waals surface area contributed by atoms with Gasteiger partial charge in [-0.25, -0.2) is 0 Å². The second-order valence-corrected chi connectivity index (χ2v) is 6.64. The Kier molecular flexibility index (Phi) is 5.15. The first-order valence-electron chi connectivity index (χ1n) is 9.18. The number of carbonyl (C=O) groups excluding carboxylic acids is 1. The molecule has 5 N–H and O–H groups in total. The van der Waals surface area contributed by atoms with Gasteiger partial charge in [-0.1, -0.05) is 6.07 Å². The Morgan fingerprint density at radius 2 is 2.06 bits per heavy atom. The molecule has 0 radical (unpaired) electrons. The molecular formula is C21H18N6O4. The molecule has 0 unspecified atom stereocenters. The summed E-state index contributed by atoms with van der Waals surface area (Å²) in [5, 5.41) is 17.0. The second-order valence-electron chi connectivity index (χ2n) is 6.64. The van der Waals surface area contributed by atoms with E-state index in [1.54, 1.807) is 30.6 Å². The van der Waals surface area contributed by atoms with Crippen molar-refractivity contribution in [3.05, 3.63) is 65.3 Å². The molecule has 0 saturated carbocycles. The molecule has 1 amide bonds. The van der Waals surface area contributed by atoms with Gasteiger partial charge in [0.25, 0.3) is 5.91 Å². The molecule has 0 bridgehead atoms. The summed E-state index contributed by atoms with van der Waals surface area (Å²) in [5.41, 5.74) is 14.3. The summed E-state index contributed by atoms with van der Waals surface area (Å²) in [6.07, 6.45) is 3.31. The number of fused-ring (bicyclic) bond motifs is 1. The number of benzene rings is 1. The van der Waals surface area contributed by atoms with Crippen molar-refractivity contribution in [1.29, 1.82) is 5.26 Å². The Labute approximate surface area is 177 Å². The van der Waals surface area contributed by atoms with Gasteiger partial charge in [0.15, 0.2) is 18.1 Å². The number of nitrogens with zero attached hydrogens (tertiary/aromatic N) is 3. The Morgan fingerprint density at radius 3 is 2.74 bits per heavy atom. The number of hydrogen-bond donors (Lipinski definition) is 3. The van der Waals surface area contributed by atoms with Crippen LogP contribution in [0.3, 0.4) is 0 Å². The molecule has 0 spiro atoms. The molecule has 3 aromatic rings. The van der Waals surface area contributed by atoms with Gasteiger partial charge in [-0.2, -0.15) is 5.26 Å². The lowest BCUT2D eigenvalue weighted by Crippen LogP contribution is -2.21. The molecule has 10 nitrogen and oxygen atoms in total. The van der Waals surface area contributed by atoms with Crippen molar-refractivity contribution in [1.82, 2.24) is 15.2 Å². The highest BCUT2D eigenvalue weighted by Crippen LogP contribution is 2.46. The second kappa shape index (κ2) is 8.08. The lowest BCUT2D eigenvalue weighted by atomic mass is 9.83. The molecule has 0 saturated heterocycles. The number of allylic oxidation sites excluding steroid dienone is 1. The number of pyridine rings is 1. The predicted octanol–water partition coefficient (Wildman–Crippen LogP) is 1.56. The lowest BCUT2D eigenvalue weighted by molar-refractivity contribution is -0.119. The largest absolute Gasteiger partial charge is 0.493 e. The summed E-state index contributed by atoms with van der Waals surface area (Å²) in [4.78, 5) is 15.1. The number of amides is 1. The number of nitriles is 1. The van der Waals surface area contributed by atoms with E-state index in [1.807, 2.05) is 12.1 Å². The number of rotatable bonds is 6. The first kappa shape index (κ1) is 19.8. The average Bonchev–Trinajstić information content (AvgIpc) is 3.20. The van der Waals surface area contributed by atoms with E-state index in [4.69, 9.17) is 25.7 Å². The SMILES string of the molecule is COc1cc([C@@H]2C(C#N)=C(N)Oc3n[nH]c(-c4ccncc4)c32)ccc1OCC(N)=O. The number of primary amides is 1. The Hall–Kier alpha value is -4.52. The van der Waals surface area contributed by atoms with Crippen molar-refractivity contribution in [2.75, 3.05) is 13.7 Å². The zero-order valence-electron chi connectivity index (χ0n) is 16.5. The molecule has 3 heterocycles. The van der Waals surface area contributed by atoms with E-state index >= 15 is 0 Å². The zero-order chi connectivity index (χ0) is 22.0. The number of H-pyrrole nitrogens is 1. The smallest absolute Gasteiger partial charge is 0.255 e. The molecule has 1 aromatic carbocycles. The van der Waals surface area contributed by atoms with E-state index in [0.29, 0.717) is 28.3 Å². The highest BCUT2D eigenvalue weighted by molar-refractivity contribution is 5.75. The summed E-state index contributed by atoms with van der Waals surface area (Å²) in [5.74, 6) is -0.217. The molecule has 10 heteroatoms. The monoisotopic (exact) mass is 418 g/mol. The van der Waals surface area contributed by atoms with E-state index < -0.39 is 11.8 Å².